The summed E-state index contributed by atoms with van der Waals surface area (Å²) in [5.74, 6) is 0. The number of anilines is 1. The van der Waals surface area contributed by atoms with Crippen molar-refractivity contribution in [2.24, 2.45) is 0 Å². The van der Waals surface area contributed by atoms with Crippen molar-refractivity contribution in [2.45, 2.75) is 75.8 Å². The molecule has 124 valence electrons. The SMILES string of the molecule is CC.CC.CC.CC.CC.COCc1ccc(N)cc1. The summed E-state index contributed by atoms with van der Waals surface area (Å²) in [6, 6.07) is 7.65. The van der Waals surface area contributed by atoms with Crippen molar-refractivity contribution in [3.63, 3.8) is 0 Å². The van der Waals surface area contributed by atoms with Gasteiger partial charge in [0.2, 0.25) is 0 Å². The molecule has 0 saturated carbocycles. The molecule has 0 aromatic heterocycles. The third kappa shape index (κ3) is 30.2. The fourth-order valence-corrected chi connectivity index (χ4v) is 0.781. The summed E-state index contributed by atoms with van der Waals surface area (Å²) in [6.07, 6.45) is 0. The van der Waals surface area contributed by atoms with Gasteiger partial charge in [-0.05, 0) is 17.7 Å². The number of hydrogen-bond donors (Lipinski definition) is 1. The maximum Gasteiger partial charge on any atom is 0.0713 e. The van der Waals surface area contributed by atoms with Crippen LogP contribution in [-0.2, 0) is 11.3 Å². The van der Waals surface area contributed by atoms with Gasteiger partial charge in [-0.3, -0.25) is 0 Å². The minimum atomic E-state index is 0.653. The molecule has 1 aromatic rings. The Morgan fingerprint density at radius 1 is 0.700 bits per heavy atom. The summed E-state index contributed by atoms with van der Waals surface area (Å²) in [7, 11) is 1.68. The predicted octanol–water partition coefficient (Wildman–Crippen LogP) is 6.55. The van der Waals surface area contributed by atoms with E-state index in [-0.39, 0.29) is 0 Å². The summed E-state index contributed by atoms with van der Waals surface area (Å²) in [5.41, 5.74) is 7.42. The second-order valence-electron chi connectivity index (χ2n) is 2.17. The molecule has 0 heterocycles. The van der Waals surface area contributed by atoms with Crippen LogP contribution in [0, 0.1) is 0 Å². The molecule has 2 nitrogen and oxygen atoms in total. The first-order valence-electron chi connectivity index (χ1n) is 8.16. The summed E-state index contributed by atoms with van der Waals surface area (Å²) in [4.78, 5) is 0. The molecule has 0 bridgehead atoms. The fraction of sp³-hybridized carbons (Fsp3) is 0.667. The smallest absolute Gasteiger partial charge is 0.0713 e. The number of nitrogen functional groups attached to an aromatic ring is 1. The molecule has 0 spiro atoms. The zero-order chi connectivity index (χ0) is 17.4. The van der Waals surface area contributed by atoms with E-state index in [1.165, 1.54) is 0 Å². The van der Waals surface area contributed by atoms with Gasteiger partial charge in [-0.15, -0.1) is 0 Å². The Morgan fingerprint density at radius 2 is 1.00 bits per heavy atom. The normalized spacial score (nSPS) is 6.35. The van der Waals surface area contributed by atoms with Crippen LogP contribution < -0.4 is 5.73 Å². The summed E-state index contributed by atoms with van der Waals surface area (Å²) in [5, 5.41) is 0. The van der Waals surface area contributed by atoms with Gasteiger partial charge in [-0.25, -0.2) is 0 Å². The maximum absolute atomic E-state index is 5.48. The van der Waals surface area contributed by atoms with Gasteiger partial charge < -0.3 is 10.5 Å². The van der Waals surface area contributed by atoms with Gasteiger partial charge in [0.15, 0.2) is 0 Å². The zero-order valence-electron chi connectivity index (χ0n) is 16.0. The molecule has 2 N–H and O–H groups in total. The van der Waals surface area contributed by atoms with Crippen LogP contribution in [0.4, 0.5) is 5.69 Å². The van der Waals surface area contributed by atoms with Crippen LogP contribution in [0.5, 0.6) is 0 Å². The molecule has 20 heavy (non-hydrogen) atoms. The van der Waals surface area contributed by atoms with Crippen LogP contribution in [-0.4, -0.2) is 7.11 Å². The monoisotopic (exact) mass is 287 g/mol. The van der Waals surface area contributed by atoms with Gasteiger partial charge in [0.25, 0.3) is 0 Å². The lowest BCUT2D eigenvalue weighted by molar-refractivity contribution is 0.185. The van der Waals surface area contributed by atoms with Crippen molar-refractivity contribution in [3.8, 4) is 0 Å². The van der Waals surface area contributed by atoms with E-state index in [0.717, 1.165) is 11.3 Å². The lowest BCUT2D eigenvalue weighted by Gasteiger charge is -1.98. The summed E-state index contributed by atoms with van der Waals surface area (Å²) < 4.78 is 4.93. The van der Waals surface area contributed by atoms with Crippen LogP contribution in [0.3, 0.4) is 0 Å². The quantitative estimate of drug-likeness (QED) is 0.626. The van der Waals surface area contributed by atoms with Crippen molar-refractivity contribution >= 4 is 5.69 Å². The average molecular weight is 288 g/mol. The van der Waals surface area contributed by atoms with E-state index in [9.17, 15) is 0 Å². The van der Waals surface area contributed by atoms with Crippen LogP contribution in [0.2, 0.25) is 0 Å². The van der Waals surface area contributed by atoms with Crippen molar-refractivity contribution in [3.05, 3.63) is 29.8 Å². The van der Waals surface area contributed by atoms with Crippen molar-refractivity contribution < 1.29 is 4.74 Å². The first-order valence-corrected chi connectivity index (χ1v) is 8.16. The first-order chi connectivity index (χ1) is 9.83. The van der Waals surface area contributed by atoms with Crippen LogP contribution in [0.1, 0.15) is 74.8 Å². The molecule has 0 saturated heterocycles. The Labute approximate surface area is 129 Å². The van der Waals surface area contributed by atoms with Gasteiger partial charge >= 0.3 is 0 Å². The molecule has 0 unspecified atom stereocenters. The number of ether oxygens (including phenoxy) is 1. The van der Waals surface area contributed by atoms with Crippen LogP contribution in [0.25, 0.3) is 0 Å². The Bertz CT molecular complexity index is 195. The zero-order valence-corrected chi connectivity index (χ0v) is 16.0. The molecule has 1 aromatic carbocycles. The molecule has 0 radical (unpaired) electrons. The number of hydrogen-bond acceptors (Lipinski definition) is 2. The standard InChI is InChI=1S/C8H11NO.5C2H6/c1-10-6-7-2-4-8(9)5-3-7;5*1-2/h2-5H,6,9H2,1H3;5*1-2H3. The number of methoxy groups -OCH3 is 1. The van der Waals surface area contributed by atoms with Gasteiger partial charge in [-0.2, -0.15) is 0 Å². The minimum absolute atomic E-state index is 0.653. The van der Waals surface area contributed by atoms with E-state index in [1.807, 2.05) is 93.5 Å². The maximum atomic E-state index is 5.48. The summed E-state index contributed by atoms with van der Waals surface area (Å²) >= 11 is 0. The summed E-state index contributed by atoms with van der Waals surface area (Å²) in [6.45, 7) is 20.7. The number of benzene rings is 1. The van der Waals surface area contributed by atoms with Gasteiger partial charge in [0.1, 0.15) is 0 Å². The lowest BCUT2D eigenvalue weighted by atomic mass is 10.2. The highest BCUT2D eigenvalue weighted by Gasteiger charge is 1.88. The molecule has 0 atom stereocenters. The van der Waals surface area contributed by atoms with Gasteiger partial charge in [0, 0.05) is 12.8 Å². The Hall–Kier alpha value is -1.02. The van der Waals surface area contributed by atoms with Crippen molar-refractivity contribution in [2.75, 3.05) is 12.8 Å². The second kappa shape index (κ2) is 43.0. The van der Waals surface area contributed by atoms with E-state index in [4.69, 9.17) is 10.5 Å². The van der Waals surface area contributed by atoms with Crippen molar-refractivity contribution in [1.82, 2.24) is 0 Å². The molecule has 0 amide bonds. The lowest BCUT2D eigenvalue weighted by Crippen LogP contribution is -1.88. The third-order valence-electron chi connectivity index (χ3n) is 1.29. The second-order valence-corrected chi connectivity index (χ2v) is 2.17. The van der Waals surface area contributed by atoms with Gasteiger partial charge in [0.05, 0.1) is 6.61 Å². The van der Waals surface area contributed by atoms with E-state index in [0.29, 0.717) is 6.61 Å². The Morgan fingerprint density at radius 3 is 1.25 bits per heavy atom. The van der Waals surface area contributed by atoms with E-state index >= 15 is 0 Å². The fourth-order valence-electron chi connectivity index (χ4n) is 0.781. The molecular weight excluding hydrogens is 246 g/mol. The van der Waals surface area contributed by atoms with E-state index < -0.39 is 0 Å². The third-order valence-corrected chi connectivity index (χ3v) is 1.29. The Kier molecular flexibility index (Phi) is 67.5. The van der Waals surface area contributed by atoms with Crippen LogP contribution >= 0.6 is 0 Å². The number of nitrogens with two attached hydrogens (primary N) is 1. The molecule has 0 fully saturated rings. The molecule has 0 aliphatic heterocycles. The predicted molar refractivity (Wildman–Crippen MR) is 98.3 cm³/mol. The minimum Gasteiger partial charge on any atom is -0.399 e. The number of rotatable bonds is 2. The van der Waals surface area contributed by atoms with Crippen molar-refractivity contribution in [1.29, 1.82) is 0 Å². The molecular formula is C18H41NO. The van der Waals surface area contributed by atoms with E-state index in [1.54, 1.807) is 7.11 Å². The topological polar surface area (TPSA) is 35.2 Å². The molecule has 1 rings (SSSR count). The Balaban J connectivity index is -0.0000000639. The molecule has 0 aliphatic rings. The molecule has 2 heteroatoms. The highest BCUT2D eigenvalue weighted by Crippen LogP contribution is 2.05. The highest BCUT2D eigenvalue weighted by atomic mass is 16.5. The van der Waals surface area contributed by atoms with E-state index in [2.05, 4.69) is 0 Å². The van der Waals surface area contributed by atoms with Gasteiger partial charge in [-0.1, -0.05) is 81.4 Å². The molecule has 0 aliphatic carbocycles. The van der Waals surface area contributed by atoms with Crippen LogP contribution in [0.15, 0.2) is 24.3 Å². The first kappa shape index (κ1) is 31.4. The highest BCUT2D eigenvalue weighted by molar-refractivity contribution is 5.38. The average Bonchev–Trinajstić information content (AvgIpc) is 2.59. The largest absolute Gasteiger partial charge is 0.399 e.